The van der Waals surface area contributed by atoms with E-state index in [0.717, 1.165) is 44.0 Å². The van der Waals surface area contributed by atoms with Crippen molar-refractivity contribution in [2.24, 2.45) is 0 Å². The fraction of sp³-hybridized carbons (Fsp3) is 0.444. The lowest BCUT2D eigenvalue weighted by Crippen LogP contribution is -2.46. The summed E-state index contributed by atoms with van der Waals surface area (Å²) in [5, 5.41) is 18.7. The minimum atomic E-state index is -1.08. The van der Waals surface area contributed by atoms with Gasteiger partial charge < -0.3 is 25.2 Å². The van der Waals surface area contributed by atoms with Crippen molar-refractivity contribution in [3.05, 3.63) is 59.7 Å². The summed E-state index contributed by atoms with van der Waals surface area (Å²) in [7, 11) is 0. The van der Waals surface area contributed by atoms with E-state index in [-0.39, 0.29) is 24.9 Å². The van der Waals surface area contributed by atoms with Gasteiger partial charge in [0.1, 0.15) is 5.75 Å². The normalized spacial score (nSPS) is 13.5. The molecule has 0 saturated carbocycles. The van der Waals surface area contributed by atoms with E-state index in [1.165, 1.54) is 11.3 Å². The van der Waals surface area contributed by atoms with Crippen molar-refractivity contribution in [1.29, 1.82) is 0 Å². The Labute approximate surface area is 212 Å². The van der Waals surface area contributed by atoms with Crippen molar-refractivity contribution in [1.82, 2.24) is 10.2 Å². The highest BCUT2D eigenvalue weighted by Gasteiger charge is 2.20. The van der Waals surface area contributed by atoms with Crippen LogP contribution in [0.3, 0.4) is 0 Å². The lowest BCUT2D eigenvalue weighted by Gasteiger charge is -2.37. The molecule has 1 aliphatic rings. The third-order valence-corrected chi connectivity index (χ3v) is 5.43. The van der Waals surface area contributed by atoms with Gasteiger partial charge in [-0.2, -0.15) is 0 Å². The quantitative estimate of drug-likeness (QED) is 0.455. The van der Waals surface area contributed by atoms with Gasteiger partial charge in [0.15, 0.2) is 0 Å². The summed E-state index contributed by atoms with van der Waals surface area (Å²) in [5.41, 5.74) is 3.62. The van der Waals surface area contributed by atoms with Gasteiger partial charge >= 0.3 is 11.9 Å². The monoisotopic (exact) mass is 499 g/mol. The molecular formula is C27H37N3O6. The Hall–Kier alpha value is -3.59. The lowest BCUT2D eigenvalue weighted by atomic mass is 10.1. The van der Waals surface area contributed by atoms with E-state index in [4.69, 9.17) is 14.9 Å². The number of rotatable bonds is 10. The van der Waals surface area contributed by atoms with Gasteiger partial charge in [-0.15, -0.1) is 0 Å². The number of hydrogen-bond donors (Lipinski definition) is 3. The number of carboxylic acids is 2. The van der Waals surface area contributed by atoms with Crippen molar-refractivity contribution < 1.29 is 29.3 Å². The first-order chi connectivity index (χ1) is 17.1. The number of para-hydroxylation sites is 2. The Balaban J connectivity index is 0.000000493. The first-order valence-electron chi connectivity index (χ1n) is 12.1. The zero-order valence-electron chi connectivity index (χ0n) is 21.3. The molecule has 0 unspecified atom stereocenters. The molecule has 1 saturated heterocycles. The fourth-order valence-electron chi connectivity index (χ4n) is 3.76. The van der Waals surface area contributed by atoms with Crippen LogP contribution < -0.4 is 15.0 Å². The molecule has 0 aliphatic carbocycles. The van der Waals surface area contributed by atoms with E-state index in [1.54, 1.807) is 6.92 Å². The van der Waals surface area contributed by atoms with E-state index >= 15 is 0 Å². The Bertz CT molecular complexity index is 989. The molecule has 1 heterocycles. The van der Waals surface area contributed by atoms with Crippen LogP contribution in [-0.2, 0) is 27.5 Å². The van der Waals surface area contributed by atoms with Crippen LogP contribution >= 0.6 is 0 Å². The summed E-state index contributed by atoms with van der Waals surface area (Å²) in [5.74, 6) is -1.18. The van der Waals surface area contributed by atoms with Gasteiger partial charge in [0.25, 0.3) is 0 Å². The maximum Gasteiger partial charge on any atom is 0.303 e. The van der Waals surface area contributed by atoms with Crippen LogP contribution in [0.4, 0.5) is 5.69 Å². The van der Waals surface area contributed by atoms with Crippen LogP contribution in [0.2, 0.25) is 0 Å². The van der Waals surface area contributed by atoms with Crippen molar-refractivity contribution in [2.75, 3.05) is 31.1 Å². The average Bonchev–Trinajstić information content (AvgIpc) is 2.83. The molecule has 0 spiro atoms. The van der Waals surface area contributed by atoms with Gasteiger partial charge in [-0.05, 0) is 37.1 Å². The molecule has 1 aliphatic heterocycles. The molecule has 0 aromatic heterocycles. The molecule has 1 amide bonds. The molecule has 0 atom stereocenters. The van der Waals surface area contributed by atoms with E-state index in [0.29, 0.717) is 6.54 Å². The number of amides is 1. The minimum absolute atomic E-state index is 0.00301. The highest BCUT2D eigenvalue weighted by Crippen LogP contribution is 2.29. The summed E-state index contributed by atoms with van der Waals surface area (Å²) in [4.78, 5) is 35.3. The van der Waals surface area contributed by atoms with E-state index in [2.05, 4.69) is 71.4 Å². The van der Waals surface area contributed by atoms with Gasteiger partial charge in [0, 0.05) is 46.2 Å². The number of carbonyl (C=O) groups is 3. The van der Waals surface area contributed by atoms with E-state index in [1.807, 2.05) is 6.07 Å². The standard InChI is InChI=1S/C23H31N3O2.C4H6O4/c1-18(2)28-23-10-5-4-9-22(23)26-13-11-25(12-14-26)17-21-8-6-7-20(15-21)16-24-19(3)27;5-3(6)1-2-4(7)8/h4-10,15,18H,11-14,16-17H2,1-3H3,(H,24,27);1-2H2,(H,5,6)(H,7,8). The lowest BCUT2D eigenvalue weighted by molar-refractivity contribution is -0.143. The average molecular weight is 500 g/mol. The number of carboxylic acid groups (broad SMARTS) is 2. The number of aliphatic carboxylic acids is 2. The van der Waals surface area contributed by atoms with Crippen molar-refractivity contribution in [3.8, 4) is 5.75 Å². The SMILES string of the molecule is CC(=O)NCc1cccc(CN2CCN(c3ccccc3OC(C)C)CC2)c1.O=C(O)CCC(=O)O. The number of anilines is 1. The highest BCUT2D eigenvalue weighted by molar-refractivity contribution is 5.75. The number of carbonyl (C=O) groups excluding carboxylic acids is 1. The Kier molecular flexibility index (Phi) is 11.7. The number of benzene rings is 2. The number of nitrogens with zero attached hydrogens (tertiary/aromatic N) is 2. The number of ether oxygens (including phenoxy) is 1. The largest absolute Gasteiger partial charge is 0.489 e. The first-order valence-corrected chi connectivity index (χ1v) is 12.1. The molecule has 2 aromatic rings. The summed E-state index contributed by atoms with van der Waals surface area (Å²) in [6.07, 6.45) is -0.419. The molecule has 0 radical (unpaired) electrons. The van der Waals surface area contributed by atoms with Crippen molar-refractivity contribution in [3.63, 3.8) is 0 Å². The molecule has 9 nitrogen and oxygen atoms in total. The zero-order chi connectivity index (χ0) is 26.5. The van der Waals surface area contributed by atoms with Crippen LogP contribution in [0.1, 0.15) is 44.7 Å². The molecule has 2 aromatic carbocycles. The number of hydrogen-bond acceptors (Lipinski definition) is 6. The first kappa shape index (κ1) is 28.6. The summed E-state index contributed by atoms with van der Waals surface area (Å²) in [6.45, 7) is 11.2. The Morgan fingerprint density at radius 1 is 0.917 bits per heavy atom. The molecule has 1 fully saturated rings. The van der Waals surface area contributed by atoms with Crippen LogP contribution in [0.15, 0.2) is 48.5 Å². The van der Waals surface area contributed by atoms with Gasteiger partial charge in [0.05, 0.1) is 24.6 Å². The predicted octanol–water partition coefficient (Wildman–Crippen LogP) is 3.37. The van der Waals surface area contributed by atoms with Crippen LogP contribution in [0, 0.1) is 0 Å². The smallest absolute Gasteiger partial charge is 0.303 e. The Morgan fingerprint density at radius 3 is 2.11 bits per heavy atom. The van der Waals surface area contributed by atoms with Crippen LogP contribution in [0.25, 0.3) is 0 Å². The molecule has 9 heteroatoms. The zero-order valence-corrected chi connectivity index (χ0v) is 21.3. The third kappa shape index (κ3) is 10.8. The maximum absolute atomic E-state index is 11.1. The molecule has 0 bridgehead atoms. The van der Waals surface area contributed by atoms with E-state index < -0.39 is 11.9 Å². The second-order valence-corrected chi connectivity index (χ2v) is 8.91. The summed E-state index contributed by atoms with van der Waals surface area (Å²) < 4.78 is 5.99. The second-order valence-electron chi connectivity index (χ2n) is 8.91. The van der Waals surface area contributed by atoms with Crippen molar-refractivity contribution >= 4 is 23.5 Å². The fourth-order valence-corrected chi connectivity index (χ4v) is 3.76. The second kappa shape index (κ2) is 14.7. The predicted molar refractivity (Wildman–Crippen MR) is 138 cm³/mol. The Morgan fingerprint density at radius 2 is 1.53 bits per heavy atom. The molecule has 36 heavy (non-hydrogen) atoms. The number of nitrogens with one attached hydrogen (secondary N) is 1. The topological polar surface area (TPSA) is 119 Å². The summed E-state index contributed by atoms with van der Waals surface area (Å²) >= 11 is 0. The molecule has 3 N–H and O–H groups in total. The van der Waals surface area contributed by atoms with Crippen molar-refractivity contribution in [2.45, 2.75) is 52.8 Å². The maximum atomic E-state index is 11.1. The third-order valence-electron chi connectivity index (χ3n) is 5.43. The van der Waals surface area contributed by atoms with E-state index in [9.17, 15) is 14.4 Å². The van der Waals surface area contributed by atoms with Gasteiger partial charge in [0.2, 0.25) is 5.91 Å². The molecular weight excluding hydrogens is 462 g/mol. The van der Waals surface area contributed by atoms with Gasteiger partial charge in [-0.1, -0.05) is 36.4 Å². The highest BCUT2D eigenvalue weighted by atomic mass is 16.5. The van der Waals surface area contributed by atoms with Crippen LogP contribution in [0.5, 0.6) is 5.75 Å². The molecule has 3 rings (SSSR count). The number of piperazine rings is 1. The summed E-state index contributed by atoms with van der Waals surface area (Å²) in [6, 6.07) is 16.8. The van der Waals surface area contributed by atoms with Gasteiger partial charge in [-0.25, -0.2) is 0 Å². The van der Waals surface area contributed by atoms with Gasteiger partial charge in [-0.3, -0.25) is 19.3 Å². The molecule has 196 valence electrons. The van der Waals surface area contributed by atoms with Crippen LogP contribution in [-0.4, -0.2) is 65.2 Å². The minimum Gasteiger partial charge on any atom is -0.489 e.